The van der Waals surface area contributed by atoms with Crippen molar-refractivity contribution in [2.45, 2.75) is 26.4 Å². The van der Waals surface area contributed by atoms with Gasteiger partial charge in [0.1, 0.15) is 5.56 Å². The van der Waals surface area contributed by atoms with Crippen molar-refractivity contribution in [1.82, 2.24) is 14.7 Å². The number of hydrogen-bond donors (Lipinski definition) is 1. The largest absolute Gasteiger partial charge is 0.462 e. The highest BCUT2D eigenvalue weighted by molar-refractivity contribution is 5.91. The molecule has 2 heterocycles. The lowest BCUT2D eigenvalue weighted by Gasteiger charge is -2.17. The Morgan fingerprint density at radius 2 is 1.97 bits per heavy atom. The van der Waals surface area contributed by atoms with Crippen molar-refractivity contribution in [1.29, 1.82) is 0 Å². The summed E-state index contributed by atoms with van der Waals surface area (Å²) >= 11 is 0. The molecule has 1 fully saturated rings. The van der Waals surface area contributed by atoms with Crippen molar-refractivity contribution in [3.05, 3.63) is 41.7 Å². The Morgan fingerprint density at radius 3 is 2.52 bits per heavy atom. The van der Waals surface area contributed by atoms with Crippen LogP contribution in [-0.4, -0.2) is 46.4 Å². The molecule has 0 radical (unpaired) electrons. The van der Waals surface area contributed by atoms with Gasteiger partial charge in [-0.05, 0) is 43.5 Å². The van der Waals surface area contributed by atoms with Gasteiger partial charge in [0.05, 0.1) is 18.5 Å². The lowest BCUT2D eigenvalue weighted by Crippen LogP contribution is -2.32. The first-order chi connectivity index (χ1) is 13.7. The van der Waals surface area contributed by atoms with Crippen LogP contribution in [0.5, 0.6) is 0 Å². The van der Waals surface area contributed by atoms with Gasteiger partial charge in [-0.3, -0.25) is 0 Å². The van der Waals surface area contributed by atoms with E-state index in [0.29, 0.717) is 29.4 Å². The molecule has 1 N–H and O–H groups in total. The normalized spacial score (nSPS) is 16.7. The van der Waals surface area contributed by atoms with Gasteiger partial charge in [0.15, 0.2) is 5.69 Å². The zero-order valence-corrected chi connectivity index (χ0v) is 16.0. The fourth-order valence-corrected chi connectivity index (χ4v) is 3.18. The molecule has 10 heteroatoms. The molecule has 156 valence electrons. The Bertz CT molecular complexity index is 893. The third kappa shape index (κ3) is 4.52. The number of nitrogens with one attached hydrogen (secondary N) is 1. The van der Waals surface area contributed by atoms with Gasteiger partial charge in [-0.25, -0.2) is 14.3 Å². The second-order valence-corrected chi connectivity index (χ2v) is 6.85. The summed E-state index contributed by atoms with van der Waals surface area (Å²) in [5.41, 5.74) is -1.32. The number of carbonyl (C=O) groups is 2. The summed E-state index contributed by atoms with van der Waals surface area (Å²) in [7, 11) is 0. The number of nitrogens with zero attached hydrogens (tertiary/aromatic N) is 3. The van der Waals surface area contributed by atoms with Gasteiger partial charge in [-0.15, -0.1) is 0 Å². The highest BCUT2D eigenvalue weighted by atomic mass is 19.4. The summed E-state index contributed by atoms with van der Waals surface area (Å²) in [5.74, 6) is -0.646. The Morgan fingerprint density at radius 1 is 1.28 bits per heavy atom. The molecule has 1 saturated heterocycles. The number of aromatic nitrogens is 2. The zero-order chi connectivity index (χ0) is 21.2. The van der Waals surface area contributed by atoms with Gasteiger partial charge in [-0.2, -0.15) is 18.3 Å². The molecule has 2 aromatic rings. The summed E-state index contributed by atoms with van der Waals surface area (Å²) < 4.78 is 46.0. The van der Waals surface area contributed by atoms with Gasteiger partial charge in [0.25, 0.3) is 0 Å². The SMILES string of the molecule is CCOC(=O)c1cnn(-c2ccc(NC(=O)N3CCC(C)C3)cc2)c1C(F)(F)F. The average Bonchev–Trinajstić information content (AvgIpc) is 3.29. The third-order valence-electron chi connectivity index (χ3n) is 4.61. The molecular formula is C19H21F3N4O3. The van der Waals surface area contributed by atoms with Crippen molar-refractivity contribution in [2.24, 2.45) is 5.92 Å². The number of urea groups is 1. The van der Waals surface area contributed by atoms with Crippen molar-refractivity contribution in [3.8, 4) is 5.69 Å². The molecule has 1 aliphatic rings. The molecule has 0 spiro atoms. The van der Waals surface area contributed by atoms with E-state index in [1.165, 1.54) is 31.2 Å². The molecule has 1 aliphatic heterocycles. The zero-order valence-electron chi connectivity index (χ0n) is 16.0. The number of alkyl halides is 3. The number of carbonyl (C=O) groups excluding carboxylic acids is 2. The quantitative estimate of drug-likeness (QED) is 0.775. The highest BCUT2D eigenvalue weighted by Crippen LogP contribution is 2.34. The predicted molar refractivity (Wildman–Crippen MR) is 98.9 cm³/mol. The van der Waals surface area contributed by atoms with Crippen LogP contribution >= 0.6 is 0 Å². The number of benzene rings is 1. The molecule has 1 aromatic carbocycles. The Labute approximate surface area is 165 Å². The second-order valence-electron chi connectivity index (χ2n) is 6.85. The van der Waals surface area contributed by atoms with E-state index in [4.69, 9.17) is 0 Å². The molecular weight excluding hydrogens is 389 g/mol. The Balaban J connectivity index is 1.82. The molecule has 0 bridgehead atoms. The van der Waals surface area contributed by atoms with E-state index >= 15 is 0 Å². The Kier molecular flexibility index (Phi) is 5.81. The highest BCUT2D eigenvalue weighted by Gasteiger charge is 2.41. The number of esters is 1. The van der Waals surface area contributed by atoms with Gasteiger partial charge in [-0.1, -0.05) is 6.92 Å². The maximum atomic E-state index is 13.6. The summed E-state index contributed by atoms with van der Waals surface area (Å²) in [5, 5.41) is 6.45. The van der Waals surface area contributed by atoms with Crippen LogP contribution in [0.25, 0.3) is 5.69 Å². The summed E-state index contributed by atoms with van der Waals surface area (Å²) in [6, 6.07) is 5.50. The number of anilines is 1. The molecule has 0 aliphatic carbocycles. The van der Waals surface area contributed by atoms with Crippen LogP contribution in [-0.2, 0) is 10.9 Å². The predicted octanol–water partition coefficient (Wildman–Crippen LogP) is 3.94. The number of hydrogen-bond acceptors (Lipinski definition) is 4. The van der Waals surface area contributed by atoms with Crippen LogP contribution in [0, 0.1) is 5.92 Å². The number of rotatable bonds is 4. The van der Waals surface area contributed by atoms with E-state index in [1.807, 2.05) is 0 Å². The van der Waals surface area contributed by atoms with E-state index in [-0.39, 0.29) is 18.3 Å². The van der Waals surface area contributed by atoms with Gasteiger partial charge in [0, 0.05) is 18.8 Å². The number of likely N-dealkylation sites (tertiary alicyclic amines) is 1. The van der Waals surface area contributed by atoms with Crippen molar-refractivity contribution in [3.63, 3.8) is 0 Å². The minimum Gasteiger partial charge on any atom is -0.462 e. The average molecular weight is 410 g/mol. The maximum Gasteiger partial charge on any atom is 0.434 e. The smallest absolute Gasteiger partial charge is 0.434 e. The van der Waals surface area contributed by atoms with Crippen LogP contribution < -0.4 is 5.32 Å². The van der Waals surface area contributed by atoms with Crippen molar-refractivity contribution in [2.75, 3.05) is 25.0 Å². The first-order valence-electron chi connectivity index (χ1n) is 9.19. The molecule has 1 atom stereocenters. The molecule has 29 heavy (non-hydrogen) atoms. The lowest BCUT2D eigenvalue weighted by atomic mass is 10.2. The fraction of sp³-hybridized carbons (Fsp3) is 0.421. The van der Waals surface area contributed by atoms with Crippen molar-refractivity contribution >= 4 is 17.7 Å². The number of halogens is 3. The van der Waals surface area contributed by atoms with E-state index in [1.54, 1.807) is 4.90 Å². The third-order valence-corrected chi connectivity index (χ3v) is 4.61. The lowest BCUT2D eigenvalue weighted by molar-refractivity contribution is -0.143. The topological polar surface area (TPSA) is 76.5 Å². The minimum absolute atomic E-state index is 0.0501. The minimum atomic E-state index is -4.81. The first-order valence-corrected chi connectivity index (χ1v) is 9.19. The van der Waals surface area contributed by atoms with Gasteiger partial charge in [0.2, 0.25) is 0 Å². The first kappa shape index (κ1) is 20.7. The van der Waals surface area contributed by atoms with E-state index in [9.17, 15) is 22.8 Å². The van der Waals surface area contributed by atoms with E-state index in [0.717, 1.165) is 12.6 Å². The summed E-state index contributed by atoms with van der Waals surface area (Å²) in [6.45, 7) is 4.86. The Hall–Kier alpha value is -3.04. The van der Waals surface area contributed by atoms with E-state index in [2.05, 4.69) is 22.1 Å². The molecule has 2 amide bonds. The van der Waals surface area contributed by atoms with Gasteiger partial charge >= 0.3 is 18.2 Å². The van der Waals surface area contributed by atoms with Crippen LogP contribution in [0.3, 0.4) is 0 Å². The molecule has 3 rings (SSSR count). The summed E-state index contributed by atoms with van der Waals surface area (Å²) in [4.78, 5) is 25.8. The second kappa shape index (κ2) is 8.14. The summed E-state index contributed by atoms with van der Waals surface area (Å²) in [6.07, 6.45) is -3.03. The van der Waals surface area contributed by atoms with Crippen LogP contribution in [0.4, 0.5) is 23.7 Å². The van der Waals surface area contributed by atoms with E-state index < -0.39 is 23.4 Å². The molecule has 7 nitrogen and oxygen atoms in total. The fourth-order valence-electron chi connectivity index (χ4n) is 3.18. The van der Waals surface area contributed by atoms with Crippen LogP contribution in [0.2, 0.25) is 0 Å². The monoisotopic (exact) mass is 410 g/mol. The molecule has 1 unspecified atom stereocenters. The maximum absolute atomic E-state index is 13.6. The molecule has 1 aromatic heterocycles. The number of amides is 2. The van der Waals surface area contributed by atoms with Crippen molar-refractivity contribution < 1.29 is 27.5 Å². The van der Waals surface area contributed by atoms with Crippen LogP contribution in [0.15, 0.2) is 30.5 Å². The standard InChI is InChI=1S/C19H21F3N4O3/c1-3-29-17(27)15-10-23-26(16(15)19(20,21)22)14-6-4-13(5-7-14)24-18(28)25-9-8-12(2)11-25/h4-7,10,12H,3,8-9,11H2,1-2H3,(H,24,28). The molecule has 0 saturated carbocycles. The number of ether oxygens (including phenoxy) is 1. The van der Waals surface area contributed by atoms with Crippen LogP contribution in [0.1, 0.15) is 36.3 Å². The van der Waals surface area contributed by atoms with Gasteiger partial charge < -0.3 is 15.0 Å².